The molecule has 0 aromatic carbocycles. The standard InChI is InChI=1S/C12H20O/c13-8-12(11-3-1-2-4-11)6-9-5-10(9)7-12/h9-11,13H,1-8H2. The lowest BCUT2D eigenvalue weighted by Crippen LogP contribution is -2.31. The topological polar surface area (TPSA) is 20.2 Å². The maximum absolute atomic E-state index is 9.62. The average molecular weight is 180 g/mol. The van der Waals surface area contributed by atoms with Crippen molar-refractivity contribution < 1.29 is 5.11 Å². The highest BCUT2D eigenvalue weighted by Crippen LogP contribution is 2.64. The molecule has 3 aliphatic rings. The van der Waals surface area contributed by atoms with Crippen LogP contribution in [0.3, 0.4) is 0 Å². The molecule has 0 aliphatic heterocycles. The minimum atomic E-state index is 0.393. The van der Waals surface area contributed by atoms with Crippen LogP contribution in [0.4, 0.5) is 0 Å². The highest BCUT2D eigenvalue weighted by Gasteiger charge is 2.56. The van der Waals surface area contributed by atoms with E-state index in [2.05, 4.69) is 0 Å². The molecule has 2 atom stereocenters. The molecular formula is C12H20O. The van der Waals surface area contributed by atoms with Gasteiger partial charge in [-0.05, 0) is 55.3 Å². The summed E-state index contributed by atoms with van der Waals surface area (Å²) >= 11 is 0. The summed E-state index contributed by atoms with van der Waals surface area (Å²) in [5, 5.41) is 9.62. The van der Waals surface area contributed by atoms with Crippen molar-refractivity contribution >= 4 is 0 Å². The van der Waals surface area contributed by atoms with E-state index in [1.807, 2.05) is 0 Å². The van der Waals surface area contributed by atoms with Crippen molar-refractivity contribution in [3.63, 3.8) is 0 Å². The fourth-order valence-corrected chi connectivity index (χ4v) is 4.07. The molecule has 2 unspecified atom stereocenters. The molecule has 0 bridgehead atoms. The lowest BCUT2D eigenvalue weighted by Gasteiger charge is -2.35. The highest BCUT2D eigenvalue weighted by atomic mass is 16.3. The summed E-state index contributed by atoms with van der Waals surface area (Å²) in [5.41, 5.74) is 0.393. The number of hydrogen-bond acceptors (Lipinski definition) is 1. The summed E-state index contributed by atoms with van der Waals surface area (Å²) in [6.45, 7) is 0.477. The molecule has 74 valence electrons. The Hall–Kier alpha value is -0.0400. The molecular weight excluding hydrogens is 160 g/mol. The van der Waals surface area contributed by atoms with Crippen molar-refractivity contribution in [3.05, 3.63) is 0 Å². The summed E-state index contributed by atoms with van der Waals surface area (Å²) in [6.07, 6.45) is 9.84. The fraction of sp³-hybridized carbons (Fsp3) is 1.00. The summed E-state index contributed by atoms with van der Waals surface area (Å²) < 4.78 is 0. The van der Waals surface area contributed by atoms with Gasteiger partial charge in [-0.2, -0.15) is 0 Å². The third-order valence-corrected chi connectivity index (χ3v) is 4.94. The van der Waals surface area contributed by atoms with Gasteiger partial charge >= 0.3 is 0 Å². The number of aliphatic hydroxyl groups excluding tert-OH is 1. The average Bonchev–Trinajstić information content (AvgIpc) is 2.65. The largest absolute Gasteiger partial charge is 0.396 e. The van der Waals surface area contributed by atoms with Gasteiger partial charge in [0.2, 0.25) is 0 Å². The first-order valence-corrected chi connectivity index (χ1v) is 5.95. The van der Waals surface area contributed by atoms with Gasteiger partial charge in [0, 0.05) is 6.61 Å². The quantitative estimate of drug-likeness (QED) is 0.692. The van der Waals surface area contributed by atoms with E-state index >= 15 is 0 Å². The van der Waals surface area contributed by atoms with E-state index in [1.54, 1.807) is 0 Å². The zero-order valence-electron chi connectivity index (χ0n) is 8.34. The maximum Gasteiger partial charge on any atom is 0.0490 e. The van der Waals surface area contributed by atoms with E-state index in [0.717, 1.165) is 17.8 Å². The van der Waals surface area contributed by atoms with Gasteiger partial charge in [0.25, 0.3) is 0 Å². The molecule has 0 amide bonds. The van der Waals surface area contributed by atoms with Crippen LogP contribution in [0.1, 0.15) is 44.9 Å². The zero-order chi connectivity index (χ0) is 8.89. The van der Waals surface area contributed by atoms with E-state index in [9.17, 15) is 5.11 Å². The molecule has 13 heavy (non-hydrogen) atoms. The van der Waals surface area contributed by atoms with Gasteiger partial charge in [0.05, 0.1) is 0 Å². The minimum Gasteiger partial charge on any atom is -0.396 e. The minimum absolute atomic E-state index is 0.393. The molecule has 0 aromatic heterocycles. The second kappa shape index (κ2) is 2.73. The molecule has 1 nitrogen and oxygen atoms in total. The van der Waals surface area contributed by atoms with Gasteiger partial charge in [-0.3, -0.25) is 0 Å². The van der Waals surface area contributed by atoms with Crippen molar-refractivity contribution in [1.82, 2.24) is 0 Å². The second-order valence-corrected chi connectivity index (χ2v) is 5.67. The molecule has 0 radical (unpaired) electrons. The molecule has 3 rings (SSSR count). The van der Waals surface area contributed by atoms with Crippen LogP contribution in [0.2, 0.25) is 0 Å². The summed E-state index contributed by atoms with van der Waals surface area (Å²) in [4.78, 5) is 0. The lowest BCUT2D eigenvalue weighted by molar-refractivity contribution is 0.0564. The predicted molar refractivity (Wildman–Crippen MR) is 52.3 cm³/mol. The van der Waals surface area contributed by atoms with Gasteiger partial charge < -0.3 is 5.11 Å². The van der Waals surface area contributed by atoms with Gasteiger partial charge in [0.15, 0.2) is 0 Å². The van der Waals surface area contributed by atoms with Crippen molar-refractivity contribution in [2.45, 2.75) is 44.9 Å². The van der Waals surface area contributed by atoms with Gasteiger partial charge in [-0.1, -0.05) is 12.8 Å². The molecule has 0 saturated heterocycles. The lowest BCUT2D eigenvalue weighted by atomic mass is 9.71. The van der Waals surface area contributed by atoms with E-state index in [0.29, 0.717) is 12.0 Å². The monoisotopic (exact) mass is 180 g/mol. The fourth-order valence-electron chi connectivity index (χ4n) is 4.07. The van der Waals surface area contributed by atoms with Crippen LogP contribution in [0, 0.1) is 23.2 Å². The van der Waals surface area contributed by atoms with Crippen LogP contribution in [-0.2, 0) is 0 Å². The van der Waals surface area contributed by atoms with Crippen LogP contribution in [-0.4, -0.2) is 11.7 Å². The number of fused-ring (bicyclic) bond motifs is 1. The van der Waals surface area contributed by atoms with Crippen LogP contribution >= 0.6 is 0 Å². The van der Waals surface area contributed by atoms with E-state index in [1.165, 1.54) is 44.9 Å². The van der Waals surface area contributed by atoms with Crippen LogP contribution in [0.25, 0.3) is 0 Å². The summed E-state index contributed by atoms with van der Waals surface area (Å²) in [5.74, 6) is 2.92. The second-order valence-electron chi connectivity index (χ2n) is 5.67. The Morgan fingerprint density at radius 1 is 1.08 bits per heavy atom. The SMILES string of the molecule is OCC1(C2CCCC2)CC2CC2C1. The van der Waals surface area contributed by atoms with Crippen LogP contribution < -0.4 is 0 Å². The maximum atomic E-state index is 9.62. The Labute approximate surface area is 80.5 Å². The van der Waals surface area contributed by atoms with Crippen molar-refractivity contribution in [2.75, 3.05) is 6.61 Å². The Morgan fingerprint density at radius 2 is 1.69 bits per heavy atom. The zero-order valence-corrected chi connectivity index (χ0v) is 8.34. The first kappa shape index (κ1) is 8.28. The highest BCUT2D eigenvalue weighted by molar-refractivity contribution is 5.06. The number of hydrogen-bond donors (Lipinski definition) is 1. The molecule has 0 spiro atoms. The molecule has 3 fully saturated rings. The predicted octanol–water partition coefficient (Wildman–Crippen LogP) is 2.59. The van der Waals surface area contributed by atoms with E-state index in [4.69, 9.17) is 0 Å². The Kier molecular flexibility index (Phi) is 1.74. The molecule has 0 aromatic rings. The van der Waals surface area contributed by atoms with Crippen molar-refractivity contribution in [1.29, 1.82) is 0 Å². The third kappa shape index (κ3) is 1.16. The smallest absolute Gasteiger partial charge is 0.0490 e. The molecule has 3 saturated carbocycles. The Balaban J connectivity index is 1.76. The number of rotatable bonds is 2. The van der Waals surface area contributed by atoms with Crippen molar-refractivity contribution in [3.8, 4) is 0 Å². The third-order valence-electron chi connectivity index (χ3n) is 4.94. The first-order valence-electron chi connectivity index (χ1n) is 5.95. The van der Waals surface area contributed by atoms with Gasteiger partial charge in [-0.25, -0.2) is 0 Å². The summed E-state index contributed by atoms with van der Waals surface area (Å²) in [7, 11) is 0. The Bertz CT molecular complexity index is 195. The normalized spacial score (nSPS) is 49.6. The van der Waals surface area contributed by atoms with Gasteiger partial charge in [-0.15, -0.1) is 0 Å². The molecule has 1 N–H and O–H groups in total. The molecule has 3 aliphatic carbocycles. The molecule has 1 heteroatoms. The first-order chi connectivity index (χ1) is 6.34. The summed E-state index contributed by atoms with van der Waals surface area (Å²) in [6, 6.07) is 0. The molecule has 0 heterocycles. The van der Waals surface area contributed by atoms with Gasteiger partial charge in [0.1, 0.15) is 0 Å². The van der Waals surface area contributed by atoms with E-state index in [-0.39, 0.29) is 0 Å². The van der Waals surface area contributed by atoms with E-state index < -0.39 is 0 Å². The number of aliphatic hydroxyl groups is 1. The van der Waals surface area contributed by atoms with Crippen molar-refractivity contribution in [2.24, 2.45) is 23.2 Å². The van der Waals surface area contributed by atoms with Crippen LogP contribution in [0.5, 0.6) is 0 Å². The van der Waals surface area contributed by atoms with Crippen LogP contribution in [0.15, 0.2) is 0 Å². The Morgan fingerprint density at radius 3 is 2.23 bits per heavy atom.